The van der Waals surface area contributed by atoms with Gasteiger partial charge >= 0.3 is 0 Å². The summed E-state index contributed by atoms with van der Waals surface area (Å²) in [5.41, 5.74) is 0.686. The molecule has 0 aliphatic rings. The molecule has 1 aromatic heterocycles. The normalized spacial score (nSPS) is 10.3. The molecule has 10 heavy (non-hydrogen) atoms. The molecule has 1 heterocycles. The van der Waals surface area contributed by atoms with Crippen molar-refractivity contribution in [2.45, 2.75) is 19.8 Å². The van der Waals surface area contributed by atoms with E-state index in [0.717, 1.165) is 5.56 Å². The van der Waals surface area contributed by atoms with Crippen LogP contribution in [0.25, 0.3) is 0 Å². The van der Waals surface area contributed by atoms with Crippen molar-refractivity contribution in [3.05, 3.63) is 28.2 Å². The van der Waals surface area contributed by atoms with Crippen LogP contribution in [-0.4, -0.2) is 10.2 Å². The van der Waals surface area contributed by atoms with Crippen LogP contribution in [0.1, 0.15) is 25.3 Å². The fourth-order valence-electron chi connectivity index (χ4n) is 0.649. The zero-order chi connectivity index (χ0) is 7.56. The van der Waals surface area contributed by atoms with Crippen molar-refractivity contribution in [2.24, 2.45) is 0 Å². The van der Waals surface area contributed by atoms with Crippen molar-refractivity contribution in [3.63, 3.8) is 0 Å². The SMILES string of the molecule is CC(C)c1[c]n[nH]c(=O)c1. The number of rotatable bonds is 1. The number of H-pyrrole nitrogens is 1. The Labute approximate surface area is 59.1 Å². The summed E-state index contributed by atoms with van der Waals surface area (Å²) < 4.78 is 0. The highest BCUT2D eigenvalue weighted by Gasteiger charge is 1.98. The molecule has 53 valence electrons. The first-order valence-corrected chi connectivity index (χ1v) is 3.17. The fourth-order valence-corrected chi connectivity index (χ4v) is 0.649. The van der Waals surface area contributed by atoms with Gasteiger partial charge in [0.25, 0.3) is 5.56 Å². The average Bonchev–Trinajstić information content (AvgIpc) is 1.88. The third kappa shape index (κ3) is 1.43. The molecule has 0 unspecified atom stereocenters. The Hall–Kier alpha value is -1.12. The monoisotopic (exact) mass is 137 g/mol. The summed E-state index contributed by atoms with van der Waals surface area (Å²) in [7, 11) is 0. The lowest BCUT2D eigenvalue weighted by Crippen LogP contribution is -2.08. The van der Waals surface area contributed by atoms with Gasteiger partial charge in [-0.1, -0.05) is 13.8 Å². The molecule has 3 heteroatoms. The third-order valence-electron chi connectivity index (χ3n) is 1.26. The molecule has 0 fully saturated rings. The summed E-state index contributed by atoms with van der Waals surface area (Å²) in [6.45, 7) is 3.99. The Kier molecular flexibility index (Phi) is 1.85. The van der Waals surface area contributed by atoms with Crippen molar-refractivity contribution in [3.8, 4) is 0 Å². The van der Waals surface area contributed by atoms with Crippen LogP contribution in [-0.2, 0) is 0 Å². The Morgan fingerprint density at radius 1 is 1.70 bits per heavy atom. The second-order valence-electron chi connectivity index (χ2n) is 2.45. The molecule has 0 atom stereocenters. The summed E-state index contributed by atoms with van der Waals surface area (Å²) in [6, 6.07) is 1.51. The highest BCUT2D eigenvalue weighted by atomic mass is 16.1. The van der Waals surface area contributed by atoms with Crippen molar-refractivity contribution in [1.82, 2.24) is 10.2 Å². The Balaban J connectivity index is 3.07. The van der Waals surface area contributed by atoms with Crippen LogP contribution in [0, 0.1) is 6.20 Å². The van der Waals surface area contributed by atoms with Crippen LogP contribution in [0.3, 0.4) is 0 Å². The van der Waals surface area contributed by atoms with E-state index in [1.807, 2.05) is 13.8 Å². The minimum atomic E-state index is -0.164. The van der Waals surface area contributed by atoms with Crippen LogP contribution in [0.5, 0.6) is 0 Å². The second kappa shape index (κ2) is 2.64. The summed E-state index contributed by atoms with van der Waals surface area (Å²) in [5, 5.41) is 5.81. The van der Waals surface area contributed by atoms with E-state index >= 15 is 0 Å². The van der Waals surface area contributed by atoms with E-state index in [2.05, 4.69) is 16.4 Å². The zero-order valence-electron chi connectivity index (χ0n) is 6.01. The molecule has 0 aromatic carbocycles. The minimum absolute atomic E-state index is 0.164. The smallest absolute Gasteiger partial charge is 0.264 e. The number of hydrogen-bond acceptors (Lipinski definition) is 2. The lowest BCUT2D eigenvalue weighted by atomic mass is 10.1. The van der Waals surface area contributed by atoms with E-state index in [4.69, 9.17) is 0 Å². The first kappa shape index (κ1) is 6.99. The molecule has 0 saturated carbocycles. The van der Waals surface area contributed by atoms with Gasteiger partial charge in [0.2, 0.25) is 0 Å². The van der Waals surface area contributed by atoms with Crippen molar-refractivity contribution in [1.29, 1.82) is 0 Å². The molecule has 0 spiro atoms. The highest BCUT2D eigenvalue weighted by Crippen LogP contribution is 2.07. The van der Waals surface area contributed by atoms with Gasteiger partial charge in [-0.15, -0.1) is 0 Å². The van der Waals surface area contributed by atoms with Gasteiger partial charge in [-0.25, -0.2) is 5.10 Å². The molecule has 1 rings (SSSR count). The number of nitrogens with zero attached hydrogens (tertiary/aromatic N) is 1. The van der Waals surface area contributed by atoms with E-state index < -0.39 is 0 Å². The van der Waals surface area contributed by atoms with Gasteiger partial charge in [-0.05, 0) is 11.5 Å². The molecule has 1 radical (unpaired) electrons. The van der Waals surface area contributed by atoms with Crippen molar-refractivity contribution in [2.75, 3.05) is 0 Å². The predicted octanol–water partition coefficient (Wildman–Crippen LogP) is 0.693. The summed E-state index contributed by atoms with van der Waals surface area (Å²) in [6.07, 6.45) is 2.70. The van der Waals surface area contributed by atoms with Crippen LogP contribution < -0.4 is 5.56 Å². The predicted molar refractivity (Wildman–Crippen MR) is 37.8 cm³/mol. The maximum atomic E-state index is 10.7. The third-order valence-corrected chi connectivity index (χ3v) is 1.26. The van der Waals surface area contributed by atoms with Gasteiger partial charge in [-0.2, -0.15) is 5.10 Å². The summed E-state index contributed by atoms with van der Waals surface area (Å²) >= 11 is 0. The quantitative estimate of drug-likeness (QED) is 0.619. The van der Waals surface area contributed by atoms with Gasteiger partial charge in [0.05, 0.1) is 0 Å². The Morgan fingerprint density at radius 3 is 2.80 bits per heavy atom. The molecule has 0 saturated heterocycles. The Bertz CT molecular complexity index is 264. The maximum absolute atomic E-state index is 10.7. The second-order valence-corrected chi connectivity index (χ2v) is 2.45. The van der Waals surface area contributed by atoms with E-state index in [9.17, 15) is 4.79 Å². The van der Waals surface area contributed by atoms with Gasteiger partial charge in [-0.3, -0.25) is 4.79 Å². The molecular weight excluding hydrogens is 128 g/mol. The Morgan fingerprint density at radius 2 is 2.40 bits per heavy atom. The zero-order valence-corrected chi connectivity index (χ0v) is 6.01. The summed E-state index contributed by atoms with van der Waals surface area (Å²) in [5.74, 6) is 0.315. The molecule has 0 amide bonds. The van der Waals surface area contributed by atoms with Crippen LogP contribution in [0.2, 0.25) is 0 Å². The maximum Gasteiger partial charge on any atom is 0.264 e. The van der Waals surface area contributed by atoms with Crippen LogP contribution >= 0.6 is 0 Å². The summed E-state index contributed by atoms with van der Waals surface area (Å²) in [4.78, 5) is 10.7. The van der Waals surface area contributed by atoms with Gasteiger partial charge in [0.15, 0.2) is 0 Å². The molecule has 1 N–H and O–H groups in total. The lowest BCUT2D eigenvalue weighted by molar-refractivity contribution is 0.827. The standard InChI is InChI=1S/C7H9N2O/c1-5(2)6-3-7(10)9-8-4-6/h3,5H,1-2H3,(H,9,10). The highest BCUT2D eigenvalue weighted by molar-refractivity contribution is 5.08. The average molecular weight is 137 g/mol. The molecule has 1 aromatic rings. The van der Waals surface area contributed by atoms with E-state index in [0.29, 0.717) is 5.92 Å². The van der Waals surface area contributed by atoms with Crippen molar-refractivity contribution >= 4 is 0 Å². The van der Waals surface area contributed by atoms with Crippen molar-refractivity contribution < 1.29 is 0 Å². The number of aromatic nitrogens is 2. The van der Waals surface area contributed by atoms with E-state index in [-0.39, 0.29) is 5.56 Å². The fraction of sp³-hybridized carbons (Fsp3) is 0.429. The largest absolute Gasteiger partial charge is 0.268 e. The topological polar surface area (TPSA) is 45.8 Å². The minimum Gasteiger partial charge on any atom is -0.268 e. The number of aromatic amines is 1. The molecule has 0 aliphatic heterocycles. The number of nitrogens with one attached hydrogen (secondary N) is 1. The van der Waals surface area contributed by atoms with Gasteiger partial charge in [0, 0.05) is 6.07 Å². The molecule has 3 nitrogen and oxygen atoms in total. The lowest BCUT2D eigenvalue weighted by Gasteiger charge is -1.99. The molecular formula is C7H9N2O. The molecule has 0 bridgehead atoms. The van der Waals surface area contributed by atoms with E-state index in [1.165, 1.54) is 6.07 Å². The van der Waals surface area contributed by atoms with Gasteiger partial charge < -0.3 is 0 Å². The first-order valence-electron chi connectivity index (χ1n) is 3.17. The van der Waals surface area contributed by atoms with Crippen LogP contribution in [0.4, 0.5) is 0 Å². The molecule has 0 aliphatic carbocycles. The first-order chi connectivity index (χ1) is 4.70. The van der Waals surface area contributed by atoms with Gasteiger partial charge in [0.1, 0.15) is 6.20 Å². The van der Waals surface area contributed by atoms with Crippen LogP contribution in [0.15, 0.2) is 10.9 Å². The number of hydrogen-bond donors (Lipinski definition) is 1. The van der Waals surface area contributed by atoms with E-state index in [1.54, 1.807) is 0 Å².